The monoisotopic (exact) mass is 405 g/mol. The second kappa shape index (κ2) is 8.68. The van der Waals surface area contributed by atoms with E-state index in [9.17, 15) is 0 Å². The Hall–Kier alpha value is -2.83. The van der Waals surface area contributed by atoms with E-state index in [4.69, 9.17) is 14.2 Å². The van der Waals surface area contributed by atoms with Gasteiger partial charge in [0.1, 0.15) is 12.0 Å². The van der Waals surface area contributed by atoms with Crippen LogP contribution in [-0.2, 0) is 13.1 Å². The van der Waals surface area contributed by atoms with Gasteiger partial charge >= 0.3 is 0 Å². The predicted molar refractivity (Wildman–Crippen MR) is 117 cm³/mol. The van der Waals surface area contributed by atoms with Gasteiger partial charge in [-0.3, -0.25) is 4.90 Å². The van der Waals surface area contributed by atoms with Gasteiger partial charge in [0.25, 0.3) is 0 Å². The third-order valence-electron chi connectivity index (χ3n) is 4.81. The Morgan fingerprint density at radius 1 is 1.07 bits per heavy atom. The largest absolute Gasteiger partial charge is 0.497 e. The molecule has 0 aliphatic heterocycles. The van der Waals surface area contributed by atoms with Gasteiger partial charge in [0, 0.05) is 35.0 Å². The molecule has 0 atom stereocenters. The van der Waals surface area contributed by atoms with Gasteiger partial charge in [0.2, 0.25) is 0 Å². The fourth-order valence-corrected chi connectivity index (χ4v) is 3.83. The average molecular weight is 406 g/mol. The number of pyridine rings is 1. The van der Waals surface area contributed by atoms with Crippen LogP contribution in [-0.4, -0.2) is 35.5 Å². The third-order valence-corrected chi connectivity index (χ3v) is 5.54. The molecule has 2 aromatic heterocycles. The van der Waals surface area contributed by atoms with Crippen molar-refractivity contribution in [3.8, 4) is 17.0 Å². The summed E-state index contributed by atoms with van der Waals surface area (Å²) in [5.41, 5.74) is 5.09. The summed E-state index contributed by atoms with van der Waals surface area (Å²) in [6.07, 6.45) is 3.68. The summed E-state index contributed by atoms with van der Waals surface area (Å²) in [6.45, 7) is 1.45. The van der Waals surface area contributed by atoms with E-state index >= 15 is 0 Å². The second-order valence-corrected chi connectivity index (χ2v) is 7.83. The molecule has 4 rings (SSSR count). The number of fused-ring (bicyclic) bond motifs is 1. The first-order valence-electron chi connectivity index (χ1n) is 9.36. The Balaban J connectivity index is 1.77. The summed E-state index contributed by atoms with van der Waals surface area (Å²) in [6, 6.07) is 18.6. The van der Waals surface area contributed by atoms with Crippen LogP contribution in [0.2, 0.25) is 0 Å². The average Bonchev–Trinajstić information content (AvgIpc) is 3.25. The highest BCUT2D eigenvalue weighted by atomic mass is 32.2. The molecule has 6 heteroatoms. The summed E-state index contributed by atoms with van der Waals surface area (Å²) in [7, 11) is 3.76. The third kappa shape index (κ3) is 4.44. The van der Waals surface area contributed by atoms with Crippen LogP contribution in [0.5, 0.6) is 5.75 Å². The van der Waals surface area contributed by atoms with Crippen LogP contribution in [0.1, 0.15) is 11.3 Å². The van der Waals surface area contributed by atoms with Gasteiger partial charge < -0.3 is 9.26 Å². The minimum atomic E-state index is 0.706. The van der Waals surface area contributed by atoms with E-state index < -0.39 is 0 Å². The van der Waals surface area contributed by atoms with E-state index in [1.807, 2.05) is 24.3 Å². The van der Waals surface area contributed by atoms with Crippen LogP contribution >= 0.6 is 11.8 Å². The van der Waals surface area contributed by atoms with Crippen LogP contribution in [0, 0.1) is 0 Å². The van der Waals surface area contributed by atoms with E-state index in [1.165, 1.54) is 4.90 Å². The molecule has 4 aromatic rings. The number of nitrogens with zero attached hydrogens (tertiary/aromatic N) is 3. The lowest BCUT2D eigenvalue weighted by molar-refractivity contribution is 0.304. The summed E-state index contributed by atoms with van der Waals surface area (Å²) in [5, 5.41) is 5.16. The first-order valence-corrected chi connectivity index (χ1v) is 10.6. The molecule has 0 saturated carbocycles. The first-order chi connectivity index (χ1) is 14.2. The molecule has 5 nitrogen and oxygen atoms in total. The molecular weight excluding hydrogens is 382 g/mol. The van der Waals surface area contributed by atoms with Crippen molar-refractivity contribution in [2.75, 3.05) is 20.4 Å². The maximum atomic E-state index is 5.43. The molecule has 0 bridgehead atoms. The molecular formula is C23H23N3O2S. The van der Waals surface area contributed by atoms with Crippen molar-refractivity contribution in [1.29, 1.82) is 0 Å². The molecule has 2 heterocycles. The number of hydrogen-bond donors (Lipinski definition) is 0. The molecule has 0 radical (unpaired) electrons. The highest BCUT2D eigenvalue weighted by molar-refractivity contribution is 7.98. The molecule has 0 unspecified atom stereocenters. The lowest BCUT2D eigenvalue weighted by Crippen LogP contribution is -2.18. The van der Waals surface area contributed by atoms with Crippen molar-refractivity contribution in [2.24, 2.45) is 0 Å². The number of hydrogen-bond acceptors (Lipinski definition) is 6. The summed E-state index contributed by atoms with van der Waals surface area (Å²) >= 11 is 1.72. The number of methoxy groups -OCH3 is 1. The van der Waals surface area contributed by atoms with Crippen LogP contribution in [0.15, 0.2) is 70.3 Å². The highest BCUT2D eigenvalue weighted by Gasteiger charge is 2.14. The lowest BCUT2D eigenvalue weighted by Gasteiger charge is -2.18. The maximum Gasteiger partial charge on any atom is 0.124 e. The van der Waals surface area contributed by atoms with Crippen LogP contribution in [0.4, 0.5) is 0 Å². The normalized spacial score (nSPS) is 11.3. The van der Waals surface area contributed by atoms with Crippen LogP contribution < -0.4 is 4.74 Å². The molecule has 0 fully saturated rings. The zero-order valence-electron chi connectivity index (χ0n) is 16.8. The van der Waals surface area contributed by atoms with Gasteiger partial charge in [0.15, 0.2) is 0 Å². The molecule has 0 aliphatic rings. The highest BCUT2D eigenvalue weighted by Crippen LogP contribution is 2.30. The summed E-state index contributed by atoms with van der Waals surface area (Å²) < 4.78 is 10.4. The Bertz CT molecular complexity index is 1110. The zero-order chi connectivity index (χ0) is 20.2. The van der Waals surface area contributed by atoms with Gasteiger partial charge in [-0.2, -0.15) is 0 Å². The van der Waals surface area contributed by atoms with E-state index in [0.29, 0.717) is 6.54 Å². The Kier molecular flexibility index (Phi) is 5.83. The van der Waals surface area contributed by atoms with Gasteiger partial charge in [-0.05, 0) is 49.2 Å². The number of rotatable bonds is 7. The topological polar surface area (TPSA) is 51.4 Å². The van der Waals surface area contributed by atoms with Gasteiger partial charge in [-0.25, -0.2) is 4.98 Å². The van der Waals surface area contributed by atoms with E-state index in [1.54, 1.807) is 25.1 Å². The Morgan fingerprint density at radius 3 is 2.72 bits per heavy atom. The van der Waals surface area contributed by atoms with E-state index in [2.05, 4.69) is 53.7 Å². The fraction of sp³-hybridized carbons (Fsp3) is 0.217. The van der Waals surface area contributed by atoms with Crippen molar-refractivity contribution >= 4 is 22.7 Å². The molecule has 29 heavy (non-hydrogen) atoms. The van der Waals surface area contributed by atoms with Crippen molar-refractivity contribution < 1.29 is 9.26 Å². The van der Waals surface area contributed by atoms with Crippen LogP contribution in [0.3, 0.4) is 0 Å². The molecule has 0 amide bonds. The fourth-order valence-electron chi connectivity index (χ4n) is 3.40. The minimum Gasteiger partial charge on any atom is -0.497 e. The van der Waals surface area contributed by atoms with Gasteiger partial charge in [-0.15, -0.1) is 11.8 Å². The number of thioether (sulfide) groups is 1. The van der Waals surface area contributed by atoms with Crippen molar-refractivity contribution in [3.05, 3.63) is 72.1 Å². The predicted octanol–water partition coefficient (Wildman–Crippen LogP) is 5.25. The zero-order valence-corrected chi connectivity index (χ0v) is 17.6. The number of benzene rings is 2. The molecule has 0 saturated heterocycles. The Labute approximate surface area is 174 Å². The molecule has 0 spiro atoms. The first kappa shape index (κ1) is 19.5. The summed E-state index contributed by atoms with van der Waals surface area (Å²) in [5.74, 6) is 0.823. The van der Waals surface area contributed by atoms with E-state index in [0.717, 1.165) is 45.7 Å². The summed E-state index contributed by atoms with van der Waals surface area (Å²) in [4.78, 5) is 8.46. The SMILES string of the molecule is COc1cccc(-c2nc3cc(SC)ccc3cc2CN(C)Cc2ccon2)c1. The van der Waals surface area contributed by atoms with Crippen molar-refractivity contribution in [3.63, 3.8) is 0 Å². The number of ether oxygens (including phenoxy) is 1. The van der Waals surface area contributed by atoms with Crippen molar-refractivity contribution in [1.82, 2.24) is 15.0 Å². The Morgan fingerprint density at radius 2 is 1.97 bits per heavy atom. The number of aromatic nitrogens is 2. The smallest absolute Gasteiger partial charge is 0.124 e. The standard InChI is InChI=1S/C23H23N3O2S/c1-26(15-19-9-10-28-25-19)14-18-11-16-7-8-21(29-3)13-22(16)24-23(18)17-5-4-6-20(12-17)27-2/h4-13H,14-15H2,1-3H3. The van der Waals surface area contributed by atoms with E-state index in [-0.39, 0.29) is 0 Å². The molecule has 2 aromatic carbocycles. The molecule has 148 valence electrons. The second-order valence-electron chi connectivity index (χ2n) is 6.95. The molecule has 0 aliphatic carbocycles. The molecule has 0 N–H and O–H groups in total. The quantitative estimate of drug-likeness (QED) is 0.391. The van der Waals surface area contributed by atoms with Crippen molar-refractivity contribution in [2.45, 2.75) is 18.0 Å². The minimum absolute atomic E-state index is 0.706. The van der Waals surface area contributed by atoms with Crippen LogP contribution in [0.25, 0.3) is 22.2 Å². The maximum absolute atomic E-state index is 5.43. The van der Waals surface area contributed by atoms with Gasteiger partial charge in [-0.1, -0.05) is 23.4 Å². The lowest BCUT2D eigenvalue weighted by atomic mass is 10.0. The van der Waals surface area contributed by atoms with Gasteiger partial charge in [0.05, 0.1) is 24.0 Å².